The minimum absolute atomic E-state index is 0.142. The van der Waals surface area contributed by atoms with E-state index in [2.05, 4.69) is 22.5 Å². The summed E-state index contributed by atoms with van der Waals surface area (Å²) in [6.07, 6.45) is 4.78. The molecule has 0 bridgehead atoms. The standard InChI is InChI=1S/C14H23N3O2/c1-3-4-8-15-12-6-7-13(17-11-12)14(18)16-9-5-10-19-2/h6-7,11,15H,3-5,8-10H2,1-2H3,(H,16,18). The van der Waals surface area contributed by atoms with Crippen LogP contribution in [0.5, 0.6) is 0 Å². The van der Waals surface area contributed by atoms with Crippen molar-refractivity contribution in [1.82, 2.24) is 10.3 Å². The first-order valence-corrected chi connectivity index (χ1v) is 6.75. The Balaban J connectivity index is 2.35. The van der Waals surface area contributed by atoms with Crippen LogP contribution in [0.4, 0.5) is 5.69 Å². The number of ether oxygens (including phenoxy) is 1. The van der Waals surface area contributed by atoms with Crippen molar-refractivity contribution in [2.45, 2.75) is 26.2 Å². The number of nitrogens with zero attached hydrogens (tertiary/aromatic N) is 1. The zero-order valence-electron chi connectivity index (χ0n) is 11.7. The summed E-state index contributed by atoms with van der Waals surface area (Å²) in [6.45, 7) is 4.33. The van der Waals surface area contributed by atoms with Gasteiger partial charge in [0.15, 0.2) is 0 Å². The number of aromatic nitrogens is 1. The molecule has 0 aliphatic rings. The molecule has 19 heavy (non-hydrogen) atoms. The smallest absolute Gasteiger partial charge is 0.269 e. The Morgan fingerprint density at radius 2 is 2.16 bits per heavy atom. The Kier molecular flexibility index (Phi) is 7.58. The maximum atomic E-state index is 11.7. The Morgan fingerprint density at radius 3 is 2.79 bits per heavy atom. The number of hydrogen-bond acceptors (Lipinski definition) is 4. The zero-order chi connectivity index (χ0) is 13.9. The molecule has 2 N–H and O–H groups in total. The second-order valence-electron chi connectivity index (χ2n) is 4.31. The lowest BCUT2D eigenvalue weighted by atomic mass is 10.3. The Hall–Kier alpha value is -1.62. The quantitative estimate of drug-likeness (QED) is 0.671. The molecule has 0 saturated heterocycles. The van der Waals surface area contributed by atoms with E-state index in [1.54, 1.807) is 19.4 Å². The van der Waals surface area contributed by atoms with Gasteiger partial charge >= 0.3 is 0 Å². The molecule has 0 fully saturated rings. The summed E-state index contributed by atoms with van der Waals surface area (Å²) in [5.41, 5.74) is 1.39. The van der Waals surface area contributed by atoms with Crippen molar-refractivity contribution in [3.05, 3.63) is 24.0 Å². The van der Waals surface area contributed by atoms with Crippen LogP contribution < -0.4 is 10.6 Å². The molecule has 1 heterocycles. The van der Waals surface area contributed by atoms with E-state index in [9.17, 15) is 4.79 Å². The molecule has 1 aromatic heterocycles. The zero-order valence-corrected chi connectivity index (χ0v) is 11.7. The lowest BCUT2D eigenvalue weighted by Gasteiger charge is -2.07. The van der Waals surface area contributed by atoms with Crippen LogP contribution >= 0.6 is 0 Å². The maximum Gasteiger partial charge on any atom is 0.269 e. The van der Waals surface area contributed by atoms with E-state index in [0.29, 0.717) is 18.8 Å². The van der Waals surface area contributed by atoms with Gasteiger partial charge in [-0.05, 0) is 25.0 Å². The van der Waals surface area contributed by atoms with Crippen LogP contribution in [0.15, 0.2) is 18.3 Å². The van der Waals surface area contributed by atoms with Crippen LogP contribution in [0, 0.1) is 0 Å². The maximum absolute atomic E-state index is 11.7. The number of unbranched alkanes of at least 4 members (excludes halogenated alkanes) is 1. The first kappa shape index (κ1) is 15.4. The summed E-state index contributed by atoms with van der Waals surface area (Å²) in [5.74, 6) is -0.142. The third-order valence-corrected chi connectivity index (χ3v) is 2.67. The summed E-state index contributed by atoms with van der Waals surface area (Å²) in [7, 11) is 1.65. The van der Waals surface area contributed by atoms with Gasteiger partial charge in [0, 0.05) is 26.8 Å². The fraction of sp³-hybridized carbons (Fsp3) is 0.571. The number of hydrogen-bond donors (Lipinski definition) is 2. The number of pyridine rings is 1. The van der Waals surface area contributed by atoms with Crippen LogP contribution in [-0.4, -0.2) is 37.7 Å². The highest BCUT2D eigenvalue weighted by Gasteiger charge is 2.05. The van der Waals surface area contributed by atoms with Crippen molar-refractivity contribution >= 4 is 11.6 Å². The van der Waals surface area contributed by atoms with Crippen molar-refractivity contribution in [3.8, 4) is 0 Å². The van der Waals surface area contributed by atoms with Gasteiger partial charge in [-0.2, -0.15) is 0 Å². The minimum atomic E-state index is -0.142. The molecule has 1 rings (SSSR count). The van der Waals surface area contributed by atoms with Gasteiger partial charge in [0.25, 0.3) is 5.91 Å². The van der Waals surface area contributed by atoms with Crippen LogP contribution in [-0.2, 0) is 4.74 Å². The molecule has 5 nitrogen and oxygen atoms in total. The SMILES string of the molecule is CCCCNc1ccc(C(=O)NCCCOC)nc1. The molecule has 1 aromatic rings. The number of methoxy groups -OCH3 is 1. The van der Waals surface area contributed by atoms with E-state index >= 15 is 0 Å². The molecule has 1 amide bonds. The number of nitrogens with one attached hydrogen (secondary N) is 2. The molecular formula is C14H23N3O2. The van der Waals surface area contributed by atoms with Gasteiger partial charge in [0.1, 0.15) is 5.69 Å². The Bertz CT molecular complexity index is 365. The third-order valence-electron chi connectivity index (χ3n) is 2.67. The highest BCUT2D eigenvalue weighted by atomic mass is 16.5. The second-order valence-corrected chi connectivity index (χ2v) is 4.31. The van der Waals surface area contributed by atoms with Gasteiger partial charge in [-0.1, -0.05) is 13.3 Å². The summed E-state index contributed by atoms with van der Waals surface area (Å²) >= 11 is 0. The summed E-state index contributed by atoms with van der Waals surface area (Å²) in [4.78, 5) is 15.9. The number of carbonyl (C=O) groups is 1. The molecule has 0 spiro atoms. The number of carbonyl (C=O) groups excluding carboxylic acids is 1. The molecule has 0 saturated carbocycles. The predicted molar refractivity (Wildman–Crippen MR) is 76.5 cm³/mol. The lowest BCUT2D eigenvalue weighted by molar-refractivity contribution is 0.0943. The van der Waals surface area contributed by atoms with Gasteiger partial charge in [0.2, 0.25) is 0 Å². The highest BCUT2D eigenvalue weighted by Crippen LogP contribution is 2.06. The second kappa shape index (κ2) is 9.33. The molecule has 0 aliphatic carbocycles. The molecule has 106 valence electrons. The van der Waals surface area contributed by atoms with Crippen molar-refractivity contribution < 1.29 is 9.53 Å². The summed E-state index contributed by atoms with van der Waals surface area (Å²) < 4.78 is 4.92. The van der Waals surface area contributed by atoms with Crippen LogP contribution in [0.1, 0.15) is 36.7 Å². The van der Waals surface area contributed by atoms with E-state index in [1.165, 1.54) is 0 Å². The Labute approximate surface area is 114 Å². The minimum Gasteiger partial charge on any atom is -0.385 e. The molecular weight excluding hydrogens is 242 g/mol. The van der Waals surface area contributed by atoms with Gasteiger partial charge in [-0.25, -0.2) is 4.98 Å². The van der Waals surface area contributed by atoms with Crippen molar-refractivity contribution in [2.75, 3.05) is 32.1 Å². The fourth-order valence-corrected chi connectivity index (χ4v) is 1.55. The van der Waals surface area contributed by atoms with Crippen LogP contribution in [0.2, 0.25) is 0 Å². The van der Waals surface area contributed by atoms with Crippen molar-refractivity contribution in [2.24, 2.45) is 0 Å². The normalized spacial score (nSPS) is 10.2. The fourth-order valence-electron chi connectivity index (χ4n) is 1.55. The molecule has 0 aliphatic heterocycles. The first-order valence-electron chi connectivity index (χ1n) is 6.75. The topological polar surface area (TPSA) is 63.2 Å². The molecule has 0 atom stereocenters. The number of amides is 1. The van der Waals surface area contributed by atoms with Crippen LogP contribution in [0.3, 0.4) is 0 Å². The van der Waals surface area contributed by atoms with Gasteiger partial charge < -0.3 is 15.4 Å². The summed E-state index contributed by atoms with van der Waals surface area (Å²) in [5, 5.41) is 6.06. The highest BCUT2D eigenvalue weighted by molar-refractivity contribution is 5.92. The van der Waals surface area contributed by atoms with Gasteiger partial charge in [0.05, 0.1) is 11.9 Å². The largest absolute Gasteiger partial charge is 0.385 e. The van der Waals surface area contributed by atoms with Gasteiger partial charge in [-0.15, -0.1) is 0 Å². The van der Waals surface area contributed by atoms with Crippen molar-refractivity contribution in [1.29, 1.82) is 0 Å². The lowest BCUT2D eigenvalue weighted by Crippen LogP contribution is -2.26. The first-order chi connectivity index (χ1) is 9.27. The van der Waals surface area contributed by atoms with Crippen molar-refractivity contribution in [3.63, 3.8) is 0 Å². The molecule has 0 radical (unpaired) electrons. The predicted octanol–water partition coefficient (Wildman–Crippen LogP) is 2.06. The molecule has 5 heteroatoms. The molecule has 0 aromatic carbocycles. The third kappa shape index (κ3) is 6.20. The average Bonchev–Trinajstić information content (AvgIpc) is 2.44. The van der Waals surface area contributed by atoms with Gasteiger partial charge in [-0.3, -0.25) is 4.79 Å². The van der Waals surface area contributed by atoms with E-state index in [0.717, 1.165) is 31.5 Å². The van der Waals surface area contributed by atoms with E-state index in [4.69, 9.17) is 4.74 Å². The Morgan fingerprint density at radius 1 is 1.32 bits per heavy atom. The number of anilines is 1. The van der Waals surface area contributed by atoms with E-state index in [1.807, 2.05) is 6.07 Å². The van der Waals surface area contributed by atoms with E-state index < -0.39 is 0 Å². The average molecular weight is 265 g/mol. The van der Waals surface area contributed by atoms with E-state index in [-0.39, 0.29) is 5.91 Å². The van der Waals surface area contributed by atoms with Crippen LogP contribution in [0.25, 0.3) is 0 Å². The summed E-state index contributed by atoms with van der Waals surface area (Å²) in [6, 6.07) is 3.62. The number of rotatable bonds is 9. The molecule has 0 unspecified atom stereocenters. The monoisotopic (exact) mass is 265 g/mol.